The Bertz CT molecular complexity index is 582. The van der Waals surface area contributed by atoms with Crippen molar-refractivity contribution in [1.29, 1.82) is 0 Å². The summed E-state index contributed by atoms with van der Waals surface area (Å²) in [5, 5.41) is 6.66. The molecule has 2 N–H and O–H groups in total. The molecule has 1 aromatic carbocycles. The predicted molar refractivity (Wildman–Crippen MR) is 100.0 cm³/mol. The number of benzene rings is 1. The Hall–Kier alpha value is -1.55. The zero-order valence-corrected chi connectivity index (χ0v) is 16.0. The van der Waals surface area contributed by atoms with Gasteiger partial charge >= 0.3 is 5.97 Å². The molecule has 0 radical (unpaired) electrons. The van der Waals surface area contributed by atoms with Gasteiger partial charge in [-0.2, -0.15) is 0 Å². The number of aryl methyl sites for hydroxylation is 1. The second kappa shape index (κ2) is 7.56. The van der Waals surface area contributed by atoms with Gasteiger partial charge in [-0.25, -0.2) is 4.79 Å². The van der Waals surface area contributed by atoms with Crippen molar-refractivity contribution in [2.75, 3.05) is 19.4 Å². The molecule has 0 atom stereocenters. The normalized spacial score (nSPS) is 21.4. The van der Waals surface area contributed by atoms with Crippen LogP contribution in [-0.4, -0.2) is 31.7 Å². The van der Waals surface area contributed by atoms with E-state index in [1.165, 1.54) is 24.0 Å². The maximum atomic E-state index is 12.6. The smallest absolute Gasteiger partial charge is 0.340 e. The van der Waals surface area contributed by atoms with E-state index in [4.69, 9.17) is 4.74 Å². The molecule has 134 valence electrons. The highest BCUT2D eigenvalue weighted by Crippen LogP contribution is 2.40. The predicted octanol–water partition coefficient (Wildman–Crippen LogP) is 4.24. The molecule has 0 unspecified atom stereocenters. The molecular weight excluding hydrogens is 300 g/mol. The summed E-state index contributed by atoms with van der Waals surface area (Å²) in [6, 6.07) is 4.56. The van der Waals surface area contributed by atoms with Crippen LogP contribution in [-0.2, 0) is 4.74 Å². The largest absolute Gasteiger partial charge is 0.456 e. The second-order valence-electron chi connectivity index (χ2n) is 7.81. The zero-order valence-electron chi connectivity index (χ0n) is 16.0. The number of nitrogens with one attached hydrogen (secondary N) is 2. The molecule has 0 spiro atoms. The molecule has 4 nitrogen and oxygen atoms in total. The van der Waals surface area contributed by atoms with Crippen molar-refractivity contribution in [2.24, 2.45) is 0 Å². The third-order valence-electron chi connectivity index (χ3n) is 4.88. The fraction of sp³-hybridized carbons (Fsp3) is 0.650. The number of anilines is 1. The van der Waals surface area contributed by atoms with Crippen molar-refractivity contribution in [2.45, 2.75) is 70.9 Å². The quantitative estimate of drug-likeness (QED) is 0.810. The summed E-state index contributed by atoms with van der Waals surface area (Å²) >= 11 is 0. The van der Waals surface area contributed by atoms with Crippen molar-refractivity contribution in [3.63, 3.8) is 0 Å². The van der Waals surface area contributed by atoms with Gasteiger partial charge in [0.2, 0.25) is 0 Å². The summed E-state index contributed by atoms with van der Waals surface area (Å²) in [5.74, 6) is 0.247. The summed E-state index contributed by atoms with van der Waals surface area (Å²) in [6.45, 7) is 7.84. The maximum absolute atomic E-state index is 12.6. The van der Waals surface area contributed by atoms with Gasteiger partial charge in [-0.15, -0.1) is 0 Å². The van der Waals surface area contributed by atoms with E-state index in [2.05, 4.69) is 23.6 Å². The van der Waals surface area contributed by atoms with Crippen molar-refractivity contribution < 1.29 is 9.53 Å². The summed E-state index contributed by atoms with van der Waals surface area (Å²) in [7, 11) is 3.93. The lowest BCUT2D eigenvalue weighted by atomic mass is 9.79. The fourth-order valence-electron chi connectivity index (χ4n) is 3.69. The highest BCUT2D eigenvalue weighted by atomic mass is 16.6. The topological polar surface area (TPSA) is 50.4 Å². The first-order valence-corrected chi connectivity index (χ1v) is 8.98. The van der Waals surface area contributed by atoms with Gasteiger partial charge in [0.1, 0.15) is 5.60 Å². The molecule has 0 heterocycles. The summed E-state index contributed by atoms with van der Waals surface area (Å²) in [4.78, 5) is 12.6. The van der Waals surface area contributed by atoms with E-state index in [9.17, 15) is 4.79 Å². The van der Waals surface area contributed by atoms with Crippen LogP contribution < -0.4 is 10.6 Å². The zero-order chi connectivity index (χ0) is 17.9. The lowest BCUT2D eigenvalue weighted by Crippen LogP contribution is -2.30. The fourth-order valence-corrected chi connectivity index (χ4v) is 3.69. The molecule has 0 amide bonds. The Labute approximate surface area is 146 Å². The molecule has 1 aromatic rings. The molecule has 2 rings (SSSR count). The first kappa shape index (κ1) is 18.8. The van der Waals surface area contributed by atoms with Crippen molar-refractivity contribution >= 4 is 11.7 Å². The van der Waals surface area contributed by atoms with Gasteiger partial charge in [0.25, 0.3) is 0 Å². The van der Waals surface area contributed by atoms with Gasteiger partial charge in [0.15, 0.2) is 0 Å². The van der Waals surface area contributed by atoms with Crippen molar-refractivity contribution in [1.82, 2.24) is 5.32 Å². The molecule has 0 aliphatic heterocycles. The lowest BCUT2D eigenvalue weighted by Gasteiger charge is -2.31. The Kier molecular flexibility index (Phi) is 5.92. The van der Waals surface area contributed by atoms with Crippen LogP contribution in [0.2, 0.25) is 0 Å². The first-order chi connectivity index (χ1) is 11.3. The van der Waals surface area contributed by atoms with Crippen LogP contribution in [0.5, 0.6) is 0 Å². The number of carbonyl (C=O) groups is 1. The van der Waals surface area contributed by atoms with E-state index in [1.807, 2.05) is 40.9 Å². The summed E-state index contributed by atoms with van der Waals surface area (Å²) in [5.41, 5.74) is 3.63. The third kappa shape index (κ3) is 4.29. The van der Waals surface area contributed by atoms with Gasteiger partial charge in [0.05, 0.1) is 11.3 Å². The Morgan fingerprint density at radius 3 is 2.25 bits per heavy atom. The van der Waals surface area contributed by atoms with Gasteiger partial charge < -0.3 is 15.4 Å². The van der Waals surface area contributed by atoms with Crippen LogP contribution in [0.3, 0.4) is 0 Å². The molecule has 1 fully saturated rings. The van der Waals surface area contributed by atoms with Gasteiger partial charge in [-0.3, -0.25) is 0 Å². The molecule has 4 heteroatoms. The van der Waals surface area contributed by atoms with E-state index in [0.29, 0.717) is 17.5 Å². The number of ether oxygens (including phenoxy) is 1. The van der Waals surface area contributed by atoms with Crippen molar-refractivity contribution in [3.05, 3.63) is 28.8 Å². The average molecular weight is 332 g/mol. The van der Waals surface area contributed by atoms with Gasteiger partial charge in [0, 0.05) is 13.1 Å². The van der Waals surface area contributed by atoms with Crippen LogP contribution >= 0.6 is 0 Å². The molecular formula is C20H32N2O2. The average Bonchev–Trinajstić information content (AvgIpc) is 2.52. The molecule has 0 saturated heterocycles. The van der Waals surface area contributed by atoms with Crippen LogP contribution in [0.25, 0.3) is 0 Å². The molecule has 1 saturated carbocycles. The standard InChI is InChI=1S/C20H32N2O2/c1-13-7-12-16(19(23)24-20(2,3)4)18(22-6)17(13)14-8-10-15(21-5)11-9-14/h7,12,14-15,21-22H,8-11H2,1-6H3. The van der Waals surface area contributed by atoms with E-state index in [-0.39, 0.29) is 5.97 Å². The second-order valence-corrected chi connectivity index (χ2v) is 7.81. The van der Waals surface area contributed by atoms with Crippen LogP contribution in [0.4, 0.5) is 5.69 Å². The lowest BCUT2D eigenvalue weighted by molar-refractivity contribution is 0.00705. The minimum Gasteiger partial charge on any atom is -0.456 e. The Balaban J connectivity index is 2.34. The maximum Gasteiger partial charge on any atom is 0.340 e. The number of rotatable bonds is 4. The minimum absolute atomic E-state index is 0.253. The number of carbonyl (C=O) groups excluding carboxylic acids is 1. The number of hydrogen-bond donors (Lipinski definition) is 2. The van der Waals surface area contributed by atoms with E-state index < -0.39 is 5.60 Å². The van der Waals surface area contributed by atoms with Crippen LogP contribution in [0.1, 0.15) is 73.9 Å². The highest BCUT2D eigenvalue weighted by molar-refractivity contribution is 5.97. The number of esters is 1. The SMILES string of the molecule is CNc1c(C(=O)OC(C)(C)C)ccc(C)c1C1CCC(NC)CC1. The van der Waals surface area contributed by atoms with E-state index in [0.717, 1.165) is 18.5 Å². The molecule has 0 aromatic heterocycles. The summed E-state index contributed by atoms with van der Waals surface area (Å²) in [6.07, 6.45) is 4.67. The monoisotopic (exact) mass is 332 g/mol. The Morgan fingerprint density at radius 1 is 1.12 bits per heavy atom. The Morgan fingerprint density at radius 2 is 1.75 bits per heavy atom. The first-order valence-electron chi connectivity index (χ1n) is 8.98. The van der Waals surface area contributed by atoms with E-state index >= 15 is 0 Å². The molecule has 1 aliphatic carbocycles. The van der Waals surface area contributed by atoms with Crippen molar-refractivity contribution in [3.8, 4) is 0 Å². The van der Waals surface area contributed by atoms with Crippen LogP contribution in [0, 0.1) is 6.92 Å². The van der Waals surface area contributed by atoms with Crippen LogP contribution in [0.15, 0.2) is 12.1 Å². The number of hydrogen-bond acceptors (Lipinski definition) is 4. The molecule has 1 aliphatic rings. The minimum atomic E-state index is -0.488. The summed E-state index contributed by atoms with van der Waals surface area (Å²) < 4.78 is 5.59. The third-order valence-corrected chi connectivity index (χ3v) is 4.88. The molecule has 24 heavy (non-hydrogen) atoms. The van der Waals surface area contributed by atoms with E-state index in [1.54, 1.807) is 0 Å². The molecule has 0 bridgehead atoms. The van der Waals surface area contributed by atoms with Gasteiger partial charge in [-0.1, -0.05) is 6.07 Å². The van der Waals surface area contributed by atoms with Gasteiger partial charge in [-0.05, 0) is 83.5 Å². The highest BCUT2D eigenvalue weighted by Gasteiger charge is 2.28.